The number of methoxy groups -OCH3 is 1. The monoisotopic (exact) mass is 491 g/mol. The van der Waals surface area contributed by atoms with Crippen LogP contribution in [0.5, 0.6) is 0 Å². The number of benzene rings is 1. The van der Waals surface area contributed by atoms with Gasteiger partial charge in [-0.05, 0) is 62.3 Å². The number of aromatic nitrogens is 2. The Morgan fingerprint density at radius 3 is 2.94 bits per heavy atom. The number of halogens is 1. The molecule has 0 aliphatic heterocycles. The summed E-state index contributed by atoms with van der Waals surface area (Å²) < 4.78 is 6.62. The van der Waals surface area contributed by atoms with Crippen LogP contribution in [0.25, 0.3) is 15.9 Å². The van der Waals surface area contributed by atoms with Crippen molar-refractivity contribution < 1.29 is 9.53 Å². The van der Waals surface area contributed by atoms with E-state index in [1.54, 1.807) is 29.1 Å². The largest absolute Gasteiger partial charge is 0.385 e. The van der Waals surface area contributed by atoms with Crippen molar-refractivity contribution in [2.24, 2.45) is 0 Å². The second kappa shape index (κ2) is 10.4. The smallest absolute Gasteiger partial charge is 0.267 e. The van der Waals surface area contributed by atoms with Gasteiger partial charge in [0.15, 0.2) is 5.16 Å². The van der Waals surface area contributed by atoms with Crippen LogP contribution >= 0.6 is 34.7 Å². The highest BCUT2D eigenvalue weighted by Crippen LogP contribution is 2.35. The van der Waals surface area contributed by atoms with Crippen molar-refractivity contribution >= 4 is 50.8 Å². The Balaban J connectivity index is 1.72. The summed E-state index contributed by atoms with van der Waals surface area (Å²) in [6, 6.07) is 5.57. The van der Waals surface area contributed by atoms with E-state index in [4.69, 9.17) is 21.3 Å². The van der Waals surface area contributed by atoms with Crippen LogP contribution in [0.4, 0.5) is 0 Å². The van der Waals surface area contributed by atoms with E-state index in [1.165, 1.54) is 16.6 Å². The predicted octanol–water partition coefficient (Wildman–Crippen LogP) is 4.53. The Hall–Kier alpha value is -1.87. The van der Waals surface area contributed by atoms with Gasteiger partial charge < -0.3 is 10.1 Å². The van der Waals surface area contributed by atoms with Crippen LogP contribution in [0, 0.1) is 6.92 Å². The highest BCUT2D eigenvalue weighted by molar-refractivity contribution is 7.99. The lowest BCUT2D eigenvalue weighted by Gasteiger charge is -2.14. The van der Waals surface area contributed by atoms with Gasteiger partial charge in [-0.15, -0.1) is 11.3 Å². The number of carbonyl (C=O) groups excluding carboxylic acids is 1. The Bertz CT molecular complexity index is 1210. The summed E-state index contributed by atoms with van der Waals surface area (Å²) in [5.41, 5.74) is 2.67. The van der Waals surface area contributed by atoms with Gasteiger partial charge in [-0.3, -0.25) is 14.2 Å². The first-order valence-electron chi connectivity index (χ1n) is 10.7. The molecule has 0 radical (unpaired) electrons. The number of rotatable bonds is 8. The molecule has 9 heteroatoms. The Labute approximate surface area is 200 Å². The molecule has 2 heterocycles. The number of thiophene rings is 1. The van der Waals surface area contributed by atoms with Gasteiger partial charge >= 0.3 is 0 Å². The third-order valence-corrected chi connectivity index (χ3v) is 8.08. The molecule has 1 amide bonds. The van der Waals surface area contributed by atoms with Crippen molar-refractivity contribution in [2.45, 2.75) is 44.2 Å². The molecular formula is C23H26ClN3O3S2. The van der Waals surface area contributed by atoms with Crippen molar-refractivity contribution in [3.63, 3.8) is 0 Å². The zero-order valence-corrected chi connectivity index (χ0v) is 20.6. The zero-order valence-electron chi connectivity index (χ0n) is 18.2. The molecule has 1 aliphatic carbocycles. The SMILES string of the molecule is COCCCNC(=O)CSc1nc2sc3c(c2c(=O)n1-c1ccc(C)c(Cl)c1)CCCC3. The molecule has 0 bridgehead atoms. The number of ether oxygens (including phenoxy) is 1. The van der Waals surface area contributed by atoms with E-state index in [1.807, 2.05) is 19.1 Å². The molecule has 0 spiro atoms. The van der Waals surface area contributed by atoms with Gasteiger partial charge in [0.25, 0.3) is 5.56 Å². The van der Waals surface area contributed by atoms with E-state index in [9.17, 15) is 9.59 Å². The number of nitrogens with zero attached hydrogens (tertiary/aromatic N) is 2. The van der Waals surface area contributed by atoms with Crippen molar-refractivity contribution in [1.29, 1.82) is 0 Å². The van der Waals surface area contributed by atoms with E-state index in [-0.39, 0.29) is 17.2 Å². The lowest BCUT2D eigenvalue weighted by molar-refractivity contribution is -0.118. The average Bonchev–Trinajstić information content (AvgIpc) is 3.16. The van der Waals surface area contributed by atoms with E-state index >= 15 is 0 Å². The van der Waals surface area contributed by atoms with Gasteiger partial charge in [0, 0.05) is 30.2 Å². The summed E-state index contributed by atoms with van der Waals surface area (Å²) in [6.07, 6.45) is 4.90. The molecule has 6 nitrogen and oxygen atoms in total. The average molecular weight is 492 g/mol. The zero-order chi connectivity index (χ0) is 22.7. The summed E-state index contributed by atoms with van der Waals surface area (Å²) in [6.45, 7) is 3.08. The molecule has 2 aromatic heterocycles. The van der Waals surface area contributed by atoms with Crippen molar-refractivity contribution in [3.8, 4) is 5.69 Å². The summed E-state index contributed by atoms with van der Waals surface area (Å²) >= 11 is 9.26. The molecule has 170 valence electrons. The van der Waals surface area contributed by atoms with Crippen molar-refractivity contribution in [1.82, 2.24) is 14.9 Å². The van der Waals surface area contributed by atoms with E-state index in [2.05, 4.69) is 5.32 Å². The third kappa shape index (κ3) is 4.88. The van der Waals surface area contributed by atoms with Crippen molar-refractivity contribution in [3.05, 3.63) is 49.6 Å². The number of hydrogen-bond acceptors (Lipinski definition) is 6. The summed E-state index contributed by atoms with van der Waals surface area (Å²) in [4.78, 5) is 32.9. The molecule has 0 unspecified atom stereocenters. The van der Waals surface area contributed by atoms with Crippen LogP contribution in [0.2, 0.25) is 5.02 Å². The fraction of sp³-hybridized carbons (Fsp3) is 0.435. The molecule has 1 aromatic carbocycles. The maximum Gasteiger partial charge on any atom is 0.267 e. The minimum atomic E-state index is -0.0978. The second-order valence-electron chi connectivity index (χ2n) is 7.84. The minimum absolute atomic E-state index is 0.0858. The maximum atomic E-state index is 13.7. The van der Waals surface area contributed by atoms with E-state index in [0.717, 1.165) is 53.4 Å². The van der Waals surface area contributed by atoms with E-state index in [0.29, 0.717) is 29.0 Å². The van der Waals surface area contributed by atoms with Crippen LogP contribution in [-0.2, 0) is 22.4 Å². The first-order valence-corrected chi connectivity index (χ1v) is 12.9. The van der Waals surface area contributed by atoms with Crippen LogP contribution in [-0.4, -0.2) is 41.5 Å². The molecule has 0 atom stereocenters. The first kappa shape index (κ1) is 23.3. The summed E-state index contributed by atoms with van der Waals surface area (Å²) in [7, 11) is 1.64. The van der Waals surface area contributed by atoms with E-state index < -0.39 is 0 Å². The molecule has 1 N–H and O–H groups in total. The number of nitrogens with one attached hydrogen (secondary N) is 1. The molecule has 4 rings (SSSR count). The Morgan fingerprint density at radius 2 is 2.16 bits per heavy atom. The number of thioether (sulfide) groups is 1. The quantitative estimate of drug-likeness (QED) is 0.284. The van der Waals surface area contributed by atoms with Crippen LogP contribution in [0.1, 0.15) is 35.3 Å². The summed E-state index contributed by atoms with van der Waals surface area (Å²) in [5.74, 6) is 0.0784. The maximum absolute atomic E-state index is 13.7. The van der Waals surface area contributed by atoms with Gasteiger partial charge in [-0.2, -0.15) is 0 Å². The molecule has 1 aliphatic rings. The highest BCUT2D eigenvalue weighted by Gasteiger charge is 2.23. The number of carbonyl (C=O) groups is 1. The second-order valence-corrected chi connectivity index (χ2v) is 10.3. The van der Waals surface area contributed by atoms with Gasteiger partial charge in [0.05, 0.1) is 16.8 Å². The first-order chi connectivity index (χ1) is 15.5. The van der Waals surface area contributed by atoms with Gasteiger partial charge in [-0.25, -0.2) is 4.98 Å². The molecule has 0 saturated heterocycles. The van der Waals surface area contributed by atoms with Crippen molar-refractivity contribution in [2.75, 3.05) is 26.0 Å². The molecule has 0 fully saturated rings. The highest BCUT2D eigenvalue weighted by atomic mass is 35.5. The van der Waals surface area contributed by atoms with Crippen LogP contribution in [0.15, 0.2) is 28.2 Å². The number of aryl methyl sites for hydroxylation is 3. The summed E-state index contributed by atoms with van der Waals surface area (Å²) in [5, 5.41) is 4.70. The number of fused-ring (bicyclic) bond motifs is 3. The van der Waals surface area contributed by atoms with Gasteiger partial charge in [-0.1, -0.05) is 29.4 Å². The van der Waals surface area contributed by atoms with Gasteiger partial charge in [0.1, 0.15) is 4.83 Å². The topological polar surface area (TPSA) is 73.2 Å². The molecular weight excluding hydrogens is 466 g/mol. The van der Waals surface area contributed by atoms with Crippen LogP contribution < -0.4 is 10.9 Å². The Kier molecular flexibility index (Phi) is 7.55. The standard InChI is InChI=1S/C23H26ClN3O3S2/c1-14-8-9-15(12-17(14)24)27-22(29)20-16-6-3-4-7-18(16)32-21(20)26-23(27)31-13-19(28)25-10-5-11-30-2/h8-9,12H,3-7,10-11,13H2,1-2H3,(H,25,28). The lowest BCUT2D eigenvalue weighted by atomic mass is 9.97. The predicted molar refractivity (Wildman–Crippen MR) is 132 cm³/mol. The molecule has 32 heavy (non-hydrogen) atoms. The fourth-order valence-corrected chi connectivity index (χ4v) is 6.18. The molecule has 3 aromatic rings. The third-order valence-electron chi connectivity index (χ3n) is 5.55. The number of amides is 1. The minimum Gasteiger partial charge on any atom is -0.385 e. The van der Waals surface area contributed by atoms with Gasteiger partial charge in [0.2, 0.25) is 5.91 Å². The molecule has 0 saturated carbocycles. The lowest BCUT2D eigenvalue weighted by Crippen LogP contribution is -2.28. The fourth-order valence-electron chi connectivity index (χ4n) is 3.86. The Morgan fingerprint density at radius 1 is 1.34 bits per heavy atom. The van der Waals surface area contributed by atoms with Crippen LogP contribution in [0.3, 0.4) is 0 Å². The normalized spacial score (nSPS) is 13.3. The number of hydrogen-bond donors (Lipinski definition) is 1.